The molecule has 6 nitrogen and oxygen atoms in total. The van der Waals surface area contributed by atoms with Crippen LogP contribution in [0.2, 0.25) is 0 Å². The van der Waals surface area contributed by atoms with Crippen molar-refractivity contribution in [2.24, 2.45) is 0 Å². The summed E-state index contributed by atoms with van der Waals surface area (Å²) in [5, 5.41) is 15.5. The molecule has 19 heavy (non-hydrogen) atoms. The molecule has 0 saturated carbocycles. The molecular weight excluding hydrogens is 246 g/mol. The lowest BCUT2D eigenvalue weighted by Gasteiger charge is -2.06. The van der Waals surface area contributed by atoms with Gasteiger partial charge in [-0.05, 0) is 32.8 Å². The molecule has 106 valence electrons. The van der Waals surface area contributed by atoms with E-state index < -0.39 is 5.97 Å². The van der Waals surface area contributed by atoms with E-state index in [0.29, 0.717) is 32.4 Å². The van der Waals surface area contributed by atoms with Gasteiger partial charge in [0.05, 0.1) is 5.69 Å². The summed E-state index contributed by atoms with van der Waals surface area (Å²) in [7, 11) is 0. The smallest absolute Gasteiger partial charge is 0.303 e. The van der Waals surface area contributed by atoms with Crippen molar-refractivity contribution in [3.05, 3.63) is 17.5 Å². The second-order valence-corrected chi connectivity index (χ2v) is 4.60. The highest BCUT2D eigenvalue weighted by atomic mass is 16.4. The number of aromatic nitrogens is 2. The lowest BCUT2D eigenvalue weighted by atomic mass is 10.2. The number of rotatable bonds is 8. The monoisotopic (exact) mass is 267 g/mol. The van der Waals surface area contributed by atoms with Gasteiger partial charge in [-0.3, -0.25) is 14.3 Å². The highest BCUT2D eigenvalue weighted by Gasteiger charge is 2.05. The first-order chi connectivity index (χ1) is 8.99. The minimum Gasteiger partial charge on any atom is -0.481 e. The predicted octanol–water partition coefficient (Wildman–Crippen LogP) is 1.26. The van der Waals surface area contributed by atoms with Crippen molar-refractivity contribution in [1.82, 2.24) is 15.1 Å². The summed E-state index contributed by atoms with van der Waals surface area (Å²) in [5.41, 5.74) is 2.00. The number of nitrogens with zero attached hydrogens (tertiary/aromatic N) is 2. The standard InChI is InChI=1S/C13H21N3O3/c1-10-9-11(2)16(15-10)8-6-12(17)14-7-4-3-5-13(18)19/h9H,3-8H2,1-2H3,(H,14,17)(H,18,19). The molecule has 1 aromatic rings. The van der Waals surface area contributed by atoms with Crippen molar-refractivity contribution in [2.75, 3.05) is 6.54 Å². The molecule has 1 amide bonds. The lowest BCUT2D eigenvalue weighted by molar-refractivity contribution is -0.137. The summed E-state index contributed by atoms with van der Waals surface area (Å²) in [4.78, 5) is 21.9. The lowest BCUT2D eigenvalue weighted by Crippen LogP contribution is -2.25. The molecule has 0 bridgehead atoms. The first-order valence-electron chi connectivity index (χ1n) is 6.48. The van der Waals surface area contributed by atoms with E-state index in [9.17, 15) is 9.59 Å². The van der Waals surface area contributed by atoms with Crippen LogP contribution in [0.3, 0.4) is 0 Å². The van der Waals surface area contributed by atoms with Crippen molar-refractivity contribution in [2.45, 2.75) is 46.1 Å². The second-order valence-electron chi connectivity index (χ2n) is 4.60. The molecule has 1 rings (SSSR count). The van der Waals surface area contributed by atoms with Crippen molar-refractivity contribution in [3.8, 4) is 0 Å². The fraction of sp³-hybridized carbons (Fsp3) is 0.615. The molecular formula is C13H21N3O3. The number of aryl methyl sites for hydroxylation is 3. The van der Waals surface area contributed by atoms with Crippen LogP contribution in [0.15, 0.2) is 6.07 Å². The summed E-state index contributed by atoms with van der Waals surface area (Å²) in [6.07, 6.45) is 1.83. The Hall–Kier alpha value is -1.85. The van der Waals surface area contributed by atoms with Gasteiger partial charge in [0.15, 0.2) is 0 Å². The number of aliphatic carboxylic acids is 1. The van der Waals surface area contributed by atoms with Gasteiger partial charge in [-0.25, -0.2) is 0 Å². The van der Waals surface area contributed by atoms with Crippen molar-refractivity contribution < 1.29 is 14.7 Å². The highest BCUT2D eigenvalue weighted by Crippen LogP contribution is 2.02. The third-order valence-corrected chi connectivity index (χ3v) is 2.79. The molecule has 0 aliphatic carbocycles. The molecule has 0 aromatic carbocycles. The predicted molar refractivity (Wildman–Crippen MR) is 70.8 cm³/mol. The number of hydrogen-bond donors (Lipinski definition) is 2. The summed E-state index contributed by atoms with van der Waals surface area (Å²) in [6.45, 7) is 4.99. The zero-order chi connectivity index (χ0) is 14.3. The van der Waals surface area contributed by atoms with Crippen molar-refractivity contribution in [1.29, 1.82) is 0 Å². The molecule has 1 heterocycles. The Morgan fingerprint density at radius 1 is 1.32 bits per heavy atom. The van der Waals surface area contributed by atoms with E-state index >= 15 is 0 Å². The maximum absolute atomic E-state index is 11.6. The van der Waals surface area contributed by atoms with E-state index in [4.69, 9.17) is 5.11 Å². The Kier molecular flexibility index (Phi) is 6.05. The largest absolute Gasteiger partial charge is 0.481 e. The minimum absolute atomic E-state index is 0.0251. The van der Waals surface area contributed by atoms with E-state index in [-0.39, 0.29) is 12.3 Å². The average Bonchev–Trinajstić information content (AvgIpc) is 2.64. The highest BCUT2D eigenvalue weighted by molar-refractivity contribution is 5.75. The van der Waals surface area contributed by atoms with Crippen LogP contribution < -0.4 is 5.32 Å². The van der Waals surface area contributed by atoms with Gasteiger partial charge in [-0.2, -0.15) is 5.10 Å². The summed E-state index contributed by atoms with van der Waals surface area (Å²) in [5.74, 6) is -0.821. The van der Waals surface area contributed by atoms with Gasteiger partial charge in [0, 0.05) is 31.6 Å². The van der Waals surface area contributed by atoms with Crippen LogP contribution in [-0.2, 0) is 16.1 Å². The van der Waals surface area contributed by atoms with Crippen LogP contribution in [0.5, 0.6) is 0 Å². The van der Waals surface area contributed by atoms with Crippen LogP contribution in [0.25, 0.3) is 0 Å². The number of amides is 1. The van der Waals surface area contributed by atoms with Gasteiger partial charge in [-0.1, -0.05) is 0 Å². The number of carbonyl (C=O) groups excluding carboxylic acids is 1. The molecule has 0 saturated heterocycles. The average molecular weight is 267 g/mol. The Balaban J connectivity index is 2.14. The minimum atomic E-state index is -0.796. The zero-order valence-corrected chi connectivity index (χ0v) is 11.5. The Morgan fingerprint density at radius 2 is 2.05 bits per heavy atom. The van der Waals surface area contributed by atoms with E-state index in [1.165, 1.54) is 0 Å². The molecule has 6 heteroatoms. The van der Waals surface area contributed by atoms with E-state index in [1.807, 2.05) is 24.6 Å². The summed E-state index contributed by atoms with van der Waals surface area (Å²) >= 11 is 0. The van der Waals surface area contributed by atoms with E-state index in [2.05, 4.69) is 10.4 Å². The number of carboxylic acid groups (broad SMARTS) is 1. The van der Waals surface area contributed by atoms with Gasteiger partial charge in [-0.15, -0.1) is 0 Å². The van der Waals surface area contributed by atoms with E-state index in [1.54, 1.807) is 0 Å². The number of carbonyl (C=O) groups is 2. The fourth-order valence-corrected chi connectivity index (χ4v) is 1.83. The van der Waals surface area contributed by atoms with Crippen molar-refractivity contribution in [3.63, 3.8) is 0 Å². The molecule has 0 atom stereocenters. The Morgan fingerprint density at radius 3 is 2.63 bits per heavy atom. The van der Waals surface area contributed by atoms with Gasteiger partial charge in [0.2, 0.25) is 5.91 Å². The Bertz CT molecular complexity index is 440. The SMILES string of the molecule is Cc1cc(C)n(CCC(=O)NCCCCC(=O)O)n1. The van der Waals surface area contributed by atoms with Crippen molar-refractivity contribution >= 4 is 11.9 Å². The molecule has 0 radical (unpaired) electrons. The second kappa shape index (κ2) is 7.56. The molecule has 0 unspecified atom stereocenters. The molecule has 0 aliphatic rings. The molecule has 2 N–H and O–H groups in total. The fourth-order valence-electron chi connectivity index (χ4n) is 1.83. The van der Waals surface area contributed by atoms with Crippen LogP contribution >= 0.6 is 0 Å². The number of nitrogens with one attached hydrogen (secondary N) is 1. The summed E-state index contributed by atoms with van der Waals surface area (Å²) in [6, 6.07) is 1.98. The Labute approximate surface area is 112 Å². The normalized spacial score (nSPS) is 10.4. The third-order valence-electron chi connectivity index (χ3n) is 2.79. The van der Waals surface area contributed by atoms with Gasteiger partial charge >= 0.3 is 5.97 Å². The van der Waals surface area contributed by atoms with Crippen LogP contribution in [0, 0.1) is 13.8 Å². The molecule has 0 spiro atoms. The number of hydrogen-bond acceptors (Lipinski definition) is 3. The molecule has 1 aromatic heterocycles. The third kappa shape index (κ3) is 6.03. The molecule has 0 fully saturated rings. The van der Waals surface area contributed by atoms with Crippen LogP contribution in [0.4, 0.5) is 0 Å². The topological polar surface area (TPSA) is 84.2 Å². The van der Waals surface area contributed by atoms with Gasteiger partial charge < -0.3 is 10.4 Å². The van der Waals surface area contributed by atoms with Gasteiger partial charge in [0.1, 0.15) is 0 Å². The summed E-state index contributed by atoms with van der Waals surface area (Å²) < 4.78 is 1.82. The number of carboxylic acids is 1. The molecule has 0 aliphatic heterocycles. The van der Waals surface area contributed by atoms with Gasteiger partial charge in [0.25, 0.3) is 0 Å². The maximum Gasteiger partial charge on any atom is 0.303 e. The number of unbranched alkanes of at least 4 members (excludes halogenated alkanes) is 1. The van der Waals surface area contributed by atoms with E-state index in [0.717, 1.165) is 11.4 Å². The van der Waals surface area contributed by atoms with Crippen LogP contribution in [0.1, 0.15) is 37.1 Å². The first-order valence-corrected chi connectivity index (χ1v) is 6.48. The van der Waals surface area contributed by atoms with Crippen LogP contribution in [-0.4, -0.2) is 33.3 Å². The first kappa shape index (κ1) is 15.2. The zero-order valence-electron chi connectivity index (χ0n) is 11.5. The maximum atomic E-state index is 11.6. The quantitative estimate of drug-likeness (QED) is 0.694.